The molecule has 0 aliphatic carbocycles. The van der Waals surface area contributed by atoms with E-state index in [2.05, 4.69) is 51.3 Å². The Kier molecular flexibility index (Phi) is 9.47. The zero-order chi connectivity index (χ0) is 23.6. The lowest BCUT2D eigenvalue weighted by atomic mass is 10.1. The van der Waals surface area contributed by atoms with Gasteiger partial charge in [0.25, 0.3) is 0 Å². The number of carboxylic acids is 2. The van der Waals surface area contributed by atoms with Crippen molar-refractivity contribution in [3.8, 4) is 16.3 Å². The molecule has 8 nitrogen and oxygen atoms in total. The summed E-state index contributed by atoms with van der Waals surface area (Å²) in [6.07, 6.45) is 6.13. The van der Waals surface area contributed by atoms with Crippen molar-refractivity contribution in [3.05, 3.63) is 58.0 Å². The second-order valence-corrected chi connectivity index (χ2v) is 9.96. The van der Waals surface area contributed by atoms with E-state index in [0.717, 1.165) is 28.0 Å². The first-order valence-electron chi connectivity index (χ1n) is 10.6. The van der Waals surface area contributed by atoms with E-state index in [-0.39, 0.29) is 0 Å². The molecular formula is C23H26BrN3O5S. The van der Waals surface area contributed by atoms with E-state index in [1.807, 2.05) is 22.9 Å². The number of carboxylic acid groups (broad SMARTS) is 2. The van der Waals surface area contributed by atoms with Gasteiger partial charge in [-0.25, -0.2) is 9.59 Å². The molecule has 1 saturated heterocycles. The van der Waals surface area contributed by atoms with Crippen LogP contribution in [0.15, 0.2) is 52.4 Å². The summed E-state index contributed by atoms with van der Waals surface area (Å²) in [6, 6.07) is 14.4. The van der Waals surface area contributed by atoms with Crippen molar-refractivity contribution in [1.29, 1.82) is 0 Å². The topological polar surface area (TPSA) is 105 Å². The number of thiophene rings is 1. The third-order valence-electron chi connectivity index (χ3n) is 5.06. The number of hydrogen-bond acceptors (Lipinski definition) is 6. The normalized spacial score (nSPS) is 13.7. The van der Waals surface area contributed by atoms with Crippen molar-refractivity contribution in [2.75, 3.05) is 19.6 Å². The minimum Gasteiger partial charge on any atom is -0.473 e. The number of likely N-dealkylation sites (tertiary alicyclic amines) is 1. The second kappa shape index (κ2) is 12.5. The molecule has 0 bridgehead atoms. The van der Waals surface area contributed by atoms with Crippen molar-refractivity contribution in [2.45, 2.75) is 32.4 Å². The molecule has 2 N–H and O–H groups in total. The van der Waals surface area contributed by atoms with Gasteiger partial charge in [-0.15, -0.1) is 16.4 Å². The number of halogens is 1. The lowest BCUT2D eigenvalue weighted by Crippen LogP contribution is -2.32. The Morgan fingerprint density at radius 3 is 2.30 bits per heavy atom. The maximum atomic E-state index is 9.10. The number of nitrogens with zero attached hydrogens (tertiary/aromatic N) is 3. The van der Waals surface area contributed by atoms with Crippen LogP contribution in [0.3, 0.4) is 0 Å². The minimum atomic E-state index is -1.82. The quantitative estimate of drug-likeness (QED) is 0.426. The Hall–Kier alpha value is -2.69. The molecule has 1 aliphatic heterocycles. The molecule has 0 amide bonds. The first-order chi connectivity index (χ1) is 15.9. The van der Waals surface area contributed by atoms with Crippen LogP contribution in [0.5, 0.6) is 5.88 Å². The standard InChI is InChI=1S/C21H24BrN3OS.C2H2O4/c22-20-10-9-19(27-20)18-15-25(14-13-24-11-5-2-6-12-24)23-21(18)26-16-17-7-3-1-4-8-17;3-1(4)2(5)6/h1,3-4,7-10,15H,2,5-6,11-14,16H2;(H,3,4)(H,5,6). The molecule has 0 atom stereocenters. The first-order valence-corrected chi connectivity index (χ1v) is 12.2. The molecule has 0 spiro atoms. The van der Waals surface area contributed by atoms with Gasteiger partial charge in [0.1, 0.15) is 6.61 Å². The van der Waals surface area contributed by atoms with E-state index >= 15 is 0 Å². The van der Waals surface area contributed by atoms with Crippen LogP contribution >= 0.6 is 27.3 Å². The number of piperidine rings is 1. The van der Waals surface area contributed by atoms with E-state index in [1.54, 1.807) is 11.3 Å². The summed E-state index contributed by atoms with van der Waals surface area (Å²) in [7, 11) is 0. The highest BCUT2D eigenvalue weighted by atomic mass is 79.9. The maximum Gasteiger partial charge on any atom is 0.414 e. The summed E-state index contributed by atoms with van der Waals surface area (Å²) < 4.78 is 9.26. The fourth-order valence-electron chi connectivity index (χ4n) is 3.41. The number of carbonyl (C=O) groups is 2. The minimum absolute atomic E-state index is 0.531. The monoisotopic (exact) mass is 535 g/mol. The van der Waals surface area contributed by atoms with Gasteiger partial charge in [-0.05, 0) is 59.6 Å². The highest BCUT2D eigenvalue weighted by Gasteiger charge is 2.16. The third-order valence-corrected chi connectivity index (χ3v) is 6.72. The van der Waals surface area contributed by atoms with Crippen molar-refractivity contribution in [1.82, 2.24) is 14.7 Å². The number of rotatable bonds is 7. The second-order valence-electron chi connectivity index (χ2n) is 7.50. The van der Waals surface area contributed by atoms with Crippen molar-refractivity contribution in [2.24, 2.45) is 0 Å². The van der Waals surface area contributed by atoms with Crippen LogP contribution in [-0.2, 0) is 22.7 Å². The summed E-state index contributed by atoms with van der Waals surface area (Å²) in [4.78, 5) is 21.9. The molecule has 3 aromatic rings. The highest BCUT2D eigenvalue weighted by molar-refractivity contribution is 9.11. The highest BCUT2D eigenvalue weighted by Crippen LogP contribution is 2.36. The van der Waals surface area contributed by atoms with Gasteiger partial charge in [-0.2, -0.15) is 0 Å². The predicted molar refractivity (Wildman–Crippen MR) is 130 cm³/mol. The van der Waals surface area contributed by atoms with Crippen LogP contribution in [0.4, 0.5) is 0 Å². The molecule has 33 heavy (non-hydrogen) atoms. The van der Waals surface area contributed by atoms with Gasteiger partial charge in [0, 0.05) is 17.6 Å². The SMILES string of the molecule is Brc1ccc(-c2cn(CCN3CCCCC3)nc2OCc2ccccc2)s1.O=C(O)C(=O)O. The molecule has 4 rings (SSSR count). The van der Waals surface area contributed by atoms with E-state index in [4.69, 9.17) is 29.6 Å². The van der Waals surface area contributed by atoms with E-state index in [9.17, 15) is 0 Å². The van der Waals surface area contributed by atoms with Crippen molar-refractivity contribution in [3.63, 3.8) is 0 Å². The Bertz CT molecular complexity index is 1040. The molecule has 10 heteroatoms. The number of aromatic nitrogens is 2. The summed E-state index contributed by atoms with van der Waals surface area (Å²) >= 11 is 5.27. The van der Waals surface area contributed by atoms with E-state index < -0.39 is 11.9 Å². The van der Waals surface area contributed by atoms with Crippen LogP contribution in [0.2, 0.25) is 0 Å². The van der Waals surface area contributed by atoms with Crippen LogP contribution < -0.4 is 4.74 Å². The number of hydrogen-bond donors (Lipinski definition) is 2. The summed E-state index contributed by atoms with van der Waals surface area (Å²) in [5, 5.41) is 19.5. The number of aliphatic carboxylic acids is 2. The van der Waals surface area contributed by atoms with Crippen molar-refractivity contribution < 1.29 is 24.5 Å². The molecule has 1 aliphatic rings. The third kappa shape index (κ3) is 7.99. The van der Waals surface area contributed by atoms with Crippen molar-refractivity contribution >= 4 is 39.2 Å². The summed E-state index contributed by atoms with van der Waals surface area (Å²) in [5.74, 6) is -2.93. The Morgan fingerprint density at radius 2 is 1.70 bits per heavy atom. The zero-order valence-electron chi connectivity index (χ0n) is 18.0. The van der Waals surface area contributed by atoms with Gasteiger partial charge in [0.2, 0.25) is 5.88 Å². The molecule has 2 aromatic heterocycles. The number of benzene rings is 1. The summed E-state index contributed by atoms with van der Waals surface area (Å²) in [5.41, 5.74) is 2.22. The lowest BCUT2D eigenvalue weighted by Gasteiger charge is -2.26. The smallest absolute Gasteiger partial charge is 0.414 e. The molecule has 3 heterocycles. The molecule has 1 aromatic carbocycles. The van der Waals surface area contributed by atoms with Crippen LogP contribution in [0, 0.1) is 0 Å². The fraction of sp³-hybridized carbons (Fsp3) is 0.348. The summed E-state index contributed by atoms with van der Waals surface area (Å²) in [6.45, 7) is 4.90. The van der Waals surface area contributed by atoms with Gasteiger partial charge in [0.15, 0.2) is 0 Å². The van der Waals surface area contributed by atoms with Crippen LogP contribution in [0.1, 0.15) is 24.8 Å². The van der Waals surface area contributed by atoms with E-state index in [1.165, 1.54) is 37.2 Å². The van der Waals surface area contributed by atoms with Crippen LogP contribution in [-0.4, -0.2) is 56.5 Å². The molecule has 0 radical (unpaired) electrons. The zero-order valence-corrected chi connectivity index (χ0v) is 20.4. The lowest BCUT2D eigenvalue weighted by molar-refractivity contribution is -0.159. The molecule has 0 saturated carbocycles. The Balaban J connectivity index is 0.000000454. The van der Waals surface area contributed by atoms with Crippen LogP contribution in [0.25, 0.3) is 10.4 Å². The Labute approximate surface area is 204 Å². The van der Waals surface area contributed by atoms with Gasteiger partial charge in [-0.3, -0.25) is 4.68 Å². The predicted octanol–water partition coefficient (Wildman–Crippen LogP) is 4.59. The molecular weight excluding hydrogens is 510 g/mol. The average molecular weight is 536 g/mol. The van der Waals surface area contributed by atoms with Gasteiger partial charge >= 0.3 is 11.9 Å². The average Bonchev–Trinajstić information content (AvgIpc) is 3.44. The molecule has 1 fully saturated rings. The largest absolute Gasteiger partial charge is 0.473 e. The fourth-order valence-corrected chi connectivity index (χ4v) is 4.79. The maximum absolute atomic E-state index is 9.10. The Morgan fingerprint density at radius 1 is 1.00 bits per heavy atom. The van der Waals surface area contributed by atoms with E-state index in [0.29, 0.717) is 12.5 Å². The first kappa shape index (κ1) is 24.9. The number of ether oxygens (including phenoxy) is 1. The van der Waals surface area contributed by atoms with Gasteiger partial charge in [-0.1, -0.05) is 36.8 Å². The van der Waals surface area contributed by atoms with Gasteiger partial charge < -0.3 is 19.8 Å². The molecule has 0 unspecified atom stereocenters. The molecule has 176 valence electrons. The van der Waals surface area contributed by atoms with Gasteiger partial charge in [0.05, 0.1) is 15.9 Å².